The third kappa shape index (κ3) is 5.20. The minimum absolute atomic E-state index is 0.00182. The fourth-order valence-electron chi connectivity index (χ4n) is 4.79. The molecule has 2 aliphatic rings. The van der Waals surface area contributed by atoms with E-state index in [1.807, 2.05) is 25.1 Å². The first-order valence-electron chi connectivity index (χ1n) is 11.1. The molecule has 2 fully saturated rings. The molecule has 1 aromatic heterocycles. The van der Waals surface area contributed by atoms with Crippen LogP contribution in [0.4, 0.5) is 0 Å². The van der Waals surface area contributed by atoms with E-state index in [9.17, 15) is 13.2 Å². The molecule has 2 aliphatic heterocycles. The van der Waals surface area contributed by atoms with Crippen LogP contribution < -0.4 is 0 Å². The first kappa shape index (κ1) is 24.4. The van der Waals surface area contributed by atoms with Crippen molar-refractivity contribution in [2.24, 2.45) is 5.92 Å². The van der Waals surface area contributed by atoms with Gasteiger partial charge in [0.05, 0.1) is 23.7 Å². The lowest BCUT2D eigenvalue weighted by Crippen LogP contribution is -2.55. The lowest BCUT2D eigenvalue weighted by Gasteiger charge is -2.40. The smallest absolute Gasteiger partial charge is 0.244 e. The number of hydrogen-bond donors (Lipinski definition) is 0. The number of benzene rings is 1. The van der Waals surface area contributed by atoms with Gasteiger partial charge in [-0.25, -0.2) is 8.42 Å². The van der Waals surface area contributed by atoms with Crippen LogP contribution in [0, 0.1) is 5.92 Å². The lowest BCUT2D eigenvalue weighted by molar-refractivity contribution is -0.135. The van der Waals surface area contributed by atoms with Gasteiger partial charge in [0.25, 0.3) is 0 Å². The fraction of sp³-hybridized carbons (Fsp3) is 0.478. The Morgan fingerprint density at radius 1 is 1.15 bits per heavy atom. The summed E-state index contributed by atoms with van der Waals surface area (Å²) in [5.41, 5.74) is 0.758. The first-order chi connectivity index (χ1) is 15.8. The van der Waals surface area contributed by atoms with Gasteiger partial charge in [-0.05, 0) is 56.5 Å². The van der Waals surface area contributed by atoms with Gasteiger partial charge in [0.1, 0.15) is 6.04 Å². The first-order valence-corrected chi connectivity index (χ1v) is 13.3. The zero-order valence-electron chi connectivity index (χ0n) is 18.4. The summed E-state index contributed by atoms with van der Waals surface area (Å²) in [6, 6.07) is 8.67. The number of piperidine rings is 1. The monoisotopic (exact) mass is 511 g/mol. The highest BCUT2D eigenvalue weighted by Crippen LogP contribution is 2.38. The topological polar surface area (TPSA) is 79.8 Å². The number of pyridine rings is 1. The number of carbonyl (C=O) groups is 1. The minimum Gasteiger partial charge on any atom is -0.381 e. The van der Waals surface area contributed by atoms with Gasteiger partial charge < -0.3 is 9.64 Å². The number of ether oxygens (including phenoxy) is 1. The standard InChI is InChI=1S/C23H27Cl2N3O4S/c1-2-32-15-16-13-27(14-19-6-3-4-9-26-19)23(29)22-8-5-7-21(16)28(22)33(30,31)20-11-17(24)10-18(25)12-20/h3-4,6,9-12,16,21-22H,2,5,7-8,13-15H2,1H3/t16-,21+,22?/m1/s1. The number of rotatable bonds is 7. The van der Waals surface area contributed by atoms with Gasteiger partial charge >= 0.3 is 0 Å². The van der Waals surface area contributed by atoms with E-state index in [0.29, 0.717) is 39.1 Å². The van der Waals surface area contributed by atoms with Crippen LogP contribution in [0.15, 0.2) is 47.5 Å². The molecule has 0 radical (unpaired) electrons. The van der Waals surface area contributed by atoms with Crippen molar-refractivity contribution in [3.05, 3.63) is 58.3 Å². The predicted molar refractivity (Wildman–Crippen MR) is 127 cm³/mol. The second kappa shape index (κ2) is 10.3. The molecule has 7 nitrogen and oxygen atoms in total. The average molecular weight is 512 g/mol. The zero-order valence-corrected chi connectivity index (χ0v) is 20.7. The van der Waals surface area contributed by atoms with Crippen molar-refractivity contribution in [3.8, 4) is 0 Å². The Kier molecular flexibility index (Phi) is 7.60. The van der Waals surface area contributed by atoms with Crippen LogP contribution in [-0.2, 0) is 26.1 Å². The summed E-state index contributed by atoms with van der Waals surface area (Å²) in [7, 11) is -4.03. The molecule has 3 atom stereocenters. The number of hydrogen-bond acceptors (Lipinski definition) is 5. The number of aromatic nitrogens is 1. The summed E-state index contributed by atoms with van der Waals surface area (Å²) in [6.45, 7) is 3.50. The molecule has 2 saturated heterocycles. The average Bonchev–Trinajstić information content (AvgIpc) is 2.85. The maximum atomic E-state index is 13.9. The molecule has 178 valence electrons. The van der Waals surface area contributed by atoms with Gasteiger partial charge in [0.15, 0.2) is 0 Å². The van der Waals surface area contributed by atoms with Crippen LogP contribution >= 0.6 is 23.2 Å². The van der Waals surface area contributed by atoms with Gasteiger partial charge in [-0.2, -0.15) is 4.31 Å². The van der Waals surface area contributed by atoms with E-state index in [-0.39, 0.29) is 32.8 Å². The molecule has 0 N–H and O–H groups in total. The summed E-state index contributed by atoms with van der Waals surface area (Å²) in [4.78, 5) is 19.8. The molecule has 0 spiro atoms. The molecule has 1 unspecified atom stereocenters. The highest BCUT2D eigenvalue weighted by atomic mass is 35.5. The maximum absolute atomic E-state index is 13.9. The van der Waals surface area contributed by atoms with Gasteiger partial charge in [-0.3, -0.25) is 9.78 Å². The summed E-state index contributed by atoms with van der Waals surface area (Å²) in [5, 5.41) is 0.463. The van der Waals surface area contributed by atoms with E-state index < -0.39 is 16.1 Å². The molecular weight excluding hydrogens is 485 g/mol. The molecule has 33 heavy (non-hydrogen) atoms. The Balaban J connectivity index is 1.76. The van der Waals surface area contributed by atoms with Gasteiger partial charge in [0.2, 0.25) is 15.9 Å². The third-order valence-corrected chi connectivity index (χ3v) is 8.58. The predicted octanol–water partition coefficient (Wildman–Crippen LogP) is 4.00. The highest BCUT2D eigenvalue weighted by molar-refractivity contribution is 7.89. The zero-order chi connectivity index (χ0) is 23.6. The van der Waals surface area contributed by atoms with E-state index in [4.69, 9.17) is 27.9 Å². The SMILES string of the molecule is CCOC[C@H]1CN(Cc2ccccn2)C(=O)C2CCC[C@@H]1N2S(=O)(=O)c1cc(Cl)cc(Cl)c1. The van der Waals surface area contributed by atoms with E-state index in [1.165, 1.54) is 22.5 Å². The lowest BCUT2D eigenvalue weighted by atomic mass is 9.91. The van der Waals surface area contributed by atoms with Gasteiger partial charge in [-0.15, -0.1) is 0 Å². The second-order valence-electron chi connectivity index (χ2n) is 8.41. The quantitative estimate of drug-likeness (QED) is 0.561. The van der Waals surface area contributed by atoms with Crippen LogP contribution in [0.1, 0.15) is 31.9 Å². The van der Waals surface area contributed by atoms with E-state index in [0.717, 1.165) is 12.1 Å². The summed E-state index contributed by atoms with van der Waals surface area (Å²) < 4.78 is 34.9. The summed E-state index contributed by atoms with van der Waals surface area (Å²) in [6.07, 6.45) is 3.58. The van der Waals surface area contributed by atoms with Gasteiger partial charge in [-0.1, -0.05) is 29.3 Å². The van der Waals surface area contributed by atoms with Crippen molar-refractivity contribution in [1.29, 1.82) is 0 Å². The Labute approximate surface area is 204 Å². The number of fused-ring (bicyclic) bond motifs is 2. The minimum atomic E-state index is -4.03. The largest absolute Gasteiger partial charge is 0.381 e. The Bertz CT molecular complexity index is 1080. The molecule has 10 heteroatoms. The molecule has 1 aromatic carbocycles. The molecule has 1 amide bonds. The van der Waals surface area contributed by atoms with Crippen LogP contribution in [0.25, 0.3) is 0 Å². The fourth-order valence-corrected chi connectivity index (χ4v) is 7.41. The van der Waals surface area contributed by atoms with Gasteiger partial charge in [0, 0.05) is 41.4 Å². The van der Waals surface area contributed by atoms with Crippen molar-refractivity contribution in [2.75, 3.05) is 19.8 Å². The van der Waals surface area contributed by atoms with Crippen molar-refractivity contribution in [1.82, 2.24) is 14.2 Å². The number of amides is 1. The third-order valence-electron chi connectivity index (χ3n) is 6.23. The van der Waals surface area contributed by atoms with Crippen molar-refractivity contribution < 1.29 is 17.9 Å². The molecule has 0 saturated carbocycles. The molecule has 0 aliphatic carbocycles. The molecule has 2 aromatic rings. The molecular formula is C23H27Cl2N3O4S. The normalized spacial score (nSPS) is 24.0. The summed E-state index contributed by atoms with van der Waals surface area (Å²) >= 11 is 12.2. The van der Waals surface area contributed by atoms with Crippen molar-refractivity contribution >= 4 is 39.1 Å². The molecule has 4 rings (SSSR count). The van der Waals surface area contributed by atoms with E-state index in [1.54, 1.807) is 11.1 Å². The summed E-state index contributed by atoms with van der Waals surface area (Å²) in [5.74, 6) is -0.381. The van der Waals surface area contributed by atoms with Crippen LogP contribution in [0.5, 0.6) is 0 Å². The number of carbonyl (C=O) groups excluding carboxylic acids is 1. The van der Waals surface area contributed by atoms with E-state index >= 15 is 0 Å². The molecule has 2 bridgehead atoms. The highest BCUT2D eigenvalue weighted by Gasteiger charge is 2.50. The number of halogens is 2. The second-order valence-corrected chi connectivity index (χ2v) is 11.1. The maximum Gasteiger partial charge on any atom is 0.244 e. The van der Waals surface area contributed by atoms with E-state index in [2.05, 4.69) is 4.98 Å². The Hall–Kier alpha value is -1.71. The van der Waals surface area contributed by atoms with Crippen molar-refractivity contribution in [2.45, 2.75) is 49.7 Å². The van der Waals surface area contributed by atoms with Crippen LogP contribution in [0.2, 0.25) is 10.0 Å². The van der Waals surface area contributed by atoms with Crippen molar-refractivity contribution in [3.63, 3.8) is 0 Å². The Morgan fingerprint density at radius 2 is 1.91 bits per heavy atom. The van der Waals surface area contributed by atoms with Crippen LogP contribution in [0.3, 0.4) is 0 Å². The number of nitrogens with zero attached hydrogens (tertiary/aromatic N) is 3. The Morgan fingerprint density at radius 3 is 2.58 bits per heavy atom. The number of sulfonamides is 1. The molecule has 3 heterocycles. The van der Waals surface area contributed by atoms with Crippen LogP contribution in [-0.4, -0.2) is 60.4 Å².